The Labute approximate surface area is 175 Å². The first kappa shape index (κ1) is 19.8. The molecule has 1 aromatic heterocycles. The predicted octanol–water partition coefficient (Wildman–Crippen LogP) is 3.27. The number of amides is 2. The first-order chi connectivity index (χ1) is 14.5. The fourth-order valence-corrected chi connectivity index (χ4v) is 3.97. The summed E-state index contributed by atoms with van der Waals surface area (Å²) in [4.78, 5) is 44.6. The van der Waals surface area contributed by atoms with E-state index >= 15 is 0 Å². The van der Waals surface area contributed by atoms with Crippen molar-refractivity contribution in [3.63, 3.8) is 0 Å². The highest BCUT2D eigenvalue weighted by molar-refractivity contribution is 7.98. The van der Waals surface area contributed by atoms with Crippen LogP contribution in [0.3, 0.4) is 0 Å². The Morgan fingerprint density at radius 3 is 2.63 bits per heavy atom. The average Bonchev–Trinajstić information content (AvgIpc) is 2.73. The Morgan fingerprint density at radius 2 is 1.87 bits per heavy atom. The maximum absolute atomic E-state index is 13.9. The SMILES string of the molecule is O=C1CC(C(=O)Nc2ccccc2F)c2c(nc(SCc3ccccc3)[nH]c2=O)N1. The number of nitrogens with one attached hydrogen (secondary N) is 3. The molecule has 30 heavy (non-hydrogen) atoms. The van der Waals surface area contributed by atoms with Gasteiger partial charge in [0, 0.05) is 12.2 Å². The fraction of sp³-hybridized carbons (Fsp3) is 0.143. The van der Waals surface area contributed by atoms with E-state index in [2.05, 4.69) is 20.6 Å². The minimum absolute atomic E-state index is 0.0190. The van der Waals surface area contributed by atoms with Crippen LogP contribution in [0.25, 0.3) is 0 Å². The molecule has 4 rings (SSSR count). The molecule has 152 valence electrons. The molecule has 1 aliphatic heterocycles. The number of fused-ring (bicyclic) bond motifs is 1. The Morgan fingerprint density at radius 1 is 1.13 bits per heavy atom. The average molecular weight is 424 g/mol. The molecule has 0 saturated carbocycles. The van der Waals surface area contributed by atoms with Gasteiger partial charge in [0.15, 0.2) is 5.16 Å². The number of halogens is 1. The van der Waals surface area contributed by atoms with Gasteiger partial charge < -0.3 is 15.6 Å². The van der Waals surface area contributed by atoms with E-state index in [-0.39, 0.29) is 23.5 Å². The van der Waals surface area contributed by atoms with E-state index in [4.69, 9.17) is 0 Å². The summed E-state index contributed by atoms with van der Waals surface area (Å²) in [5, 5.41) is 5.34. The molecule has 0 aliphatic carbocycles. The number of nitrogens with zero attached hydrogens (tertiary/aromatic N) is 1. The van der Waals surface area contributed by atoms with E-state index in [0.717, 1.165) is 5.56 Å². The van der Waals surface area contributed by atoms with Crippen molar-refractivity contribution >= 4 is 35.1 Å². The lowest BCUT2D eigenvalue weighted by molar-refractivity contribution is -0.123. The molecule has 2 aromatic carbocycles. The van der Waals surface area contributed by atoms with Crippen LogP contribution >= 0.6 is 11.8 Å². The summed E-state index contributed by atoms with van der Waals surface area (Å²) in [5.74, 6) is -2.13. The number of aromatic amines is 1. The van der Waals surface area contributed by atoms with E-state index in [1.807, 2.05) is 30.3 Å². The zero-order chi connectivity index (χ0) is 21.1. The summed E-state index contributed by atoms with van der Waals surface area (Å²) in [6.45, 7) is 0. The number of anilines is 2. The van der Waals surface area contributed by atoms with E-state index in [0.29, 0.717) is 10.9 Å². The van der Waals surface area contributed by atoms with E-state index in [1.165, 1.54) is 30.0 Å². The third-order valence-electron chi connectivity index (χ3n) is 4.60. The maximum Gasteiger partial charge on any atom is 0.257 e. The van der Waals surface area contributed by atoms with Crippen LogP contribution in [0.1, 0.15) is 23.5 Å². The Balaban J connectivity index is 1.59. The van der Waals surface area contributed by atoms with Crippen LogP contribution in [-0.4, -0.2) is 21.8 Å². The van der Waals surface area contributed by atoms with E-state index in [9.17, 15) is 18.8 Å². The van der Waals surface area contributed by atoms with Gasteiger partial charge in [-0.3, -0.25) is 14.4 Å². The molecule has 2 heterocycles. The summed E-state index contributed by atoms with van der Waals surface area (Å²) in [6.07, 6.45) is -0.228. The first-order valence-corrected chi connectivity index (χ1v) is 10.2. The molecule has 0 fully saturated rings. The Bertz CT molecular complexity index is 1170. The third-order valence-corrected chi connectivity index (χ3v) is 5.54. The third kappa shape index (κ3) is 4.25. The van der Waals surface area contributed by atoms with Gasteiger partial charge in [0.1, 0.15) is 11.6 Å². The molecule has 7 nitrogen and oxygen atoms in total. The van der Waals surface area contributed by atoms with Crippen LogP contribution < -0.4 is 16.2 Å². The van der Waals surface area contributed by atoms with Crippen LogP contribution in [-0.2, 0) is 15.3 Å². The molecule has 1 aliphatic rings. The second-order valence-corrected chi connectivity index (χ2v) is 7.65. The van der Waals surface area contributed by atoms with Crippen LogP contribution in [0.4, 0.5) is 15.9 Å². The number of hydrogen-bond acceptors (Lipinski definition) is 5. The second kappa shape index (κ2) is 8.50. The molecule has 2 amide bonds. The molecule has 1 atom stereocenters. The van der Waals surface area contributed by atoms with Gasteiger partial charge in [0.2, 0.25) is 11.8 Å². The molecule has 3 aromatic rings. The summed E-state index contributed by atoms with van der Waals surface area (Å²) >= 11 is 1.31. The fourth-order valence-electron chi connectivity index (χ4n) is 3.15. The van der Waals surface area contributed by atoms with Gasteiger partial charge in [-0.05, 0) is 17.7 Å². The summed E-state index contributed by atoms with van der Waals surface area (Å²) in [5.41, 5.74) is 0.584. The van der Waals surface area contributed by atoms with Crippen molar-refractivity contribution in [2.75, 3.05) is 10.6 Å². The van der Waals surface area contributed by atoms with Crippen molar-refractivity contribution in [3.8, 4) is 0 Å². The van der Waals surface area contributed by atoms with Crippen molar-refractivity contribution in [3.05, 3.63) is 81.9 Å². The highest BCUT2D eigenvalue weighted by Crippen LogP contribution is 2.31. The zero-order valence-electron chi connectivity index (χ0n) is 15.6. The normalized spacial score (nSPS) is 15.2. The summed E-state index contributed by atoms with van der Waals surface area (Å²) < 4.78 is 13.9. The van der Waals surface area contributed by atoms with E-state index in [1.54, 1.807) is 6.07 Å². The lowest BCUT2D eigenvalue weighted by atomic mass is 9.92. The number of para-hydroxylation sites is 1. The second-order valence-electron chi connectivity index (χ2n) is 6.68. The molecule has 0 spiro atoms. The van der Waals surface area contributed by atoms with Gasteiger partial charge >= 0.3 is 0 Å². The smallest absolute Gasteiger partial charge is 0.257 e. The maximum atomic E-state index is 13.9. The number of aromatic nitrogens is 2. The topological polar surface area (TPSA) is 104 Å². The van der Waals surface area contributed by atoms with Crippen LogP contribution in [0, 0.1) is 5.82 Å². The Kier molecular flexibility index (Phi) is 5.62. The monoisotopic (exact) mass is 424 g/mol. The summed E-state index contributed by atoms with van der Waals surface area (Å²) in [7, 11) is 0. The van der Waals surface area contributed by atoms with Gasteiger partial charge in [-0.1, -0.05) is 54.2 Å². The van der Waals surface area contributed by atoms with Crippen LogP contribution in [0.5, 0.6) is 0 Å². The zero-order valence-corrected chi connectivity index (χ0v) is 16.5. The highest BCUT2D eigenvalue weighted by Gasteiger charge is 2.35. The van der Waals surface area contributed by atoms with Gasteiger partial charge in [0.25, 0.3) is 5.56 Å². The highest BCUT2D eigenvalue weighted by atomic mass is 32.2. The van der Waals surface area contributed by atoms with Gasteiger partial charge in [-0.15, -0.1) is 0 Å². The van der Waals surface area contributed by atoms with Crippen molar-refractivity contribution in [2.24, 2.45) is 0 Å². The number of thioether (sulfide) groups is 1. The van der Waals surface area contributed by atoms with Crippen molar-refractivity contribution in [2.45, 2.75) is 23.2 Å². The predicted molar refractivity (Wildman–Crippen MR) is 112 cm³/mol. The van der Waals surface area contributed by atoms with Gasteiger partial charge in [-0.2, -0.15) is 0 Å². The number of carbonyl (C=O) groups excluding carboxylic acids is 2. The largest absolute Gasteiger partial charge is 0.323 e. The van der Waals surface area contributed by atoms with Gasteiger partial charge in [-0.25, -0.2) is 9.37 Å². The molecule has 0 bridgehead atoms. The number of H-pyrrole nitrogens is 1. The molecular weight excluding hydrogens is 407 g/mol. The molecule has 0 radical (unpaired) electrons. The minimum atomic E-state index is -1.07. The Hall–Kier alpha value is -3.46. The number of rotatable bonds is 5. The van der Waals surface area contributed by atoms with E-state index < -0.39 is 29.1 Å². The standard InChI is InChI=1S/C21H17FN4O3S/c22-14-8-4-5-9-15(14)23-19(28)13-10-16(27)24-18-17(13)20(29)26-21(25-18)30-11-12-6-2-1-3-7-12/h1-9,13H,10-11H2,(H,23,28)(H2,24,25,26,27,29). The van der Waals surface area contributed by atoms with Crippen molar-refractivity contribution in [1.82, 2.24) is 9.97 Å². The summed E-state index contributed by atoms with van der Waals surface area (Å²) in [6, 6.07) is 15.3. The van der Waals surface area contributed by atoms with Crippen LogP contribution in [0.15, 0.2) is 64.5 Å². The molecular formula is C21H17FN4O3S. The minimum Gasteiger partial charge on any atom is -0.323 e. The number of hydrogen-bond donors (Lipinski definition) is 3. The van der Waals surface area contributed by atoms with Crippen LogP contribution in [0.2, 0.25) is 0 Å². The molecule has 9 heteroatoms. The van der Waals surface area contributed by atoms with Crippen molar-refractivity contribution < 1.29 is 14.0 Å². The molecule has 3 N–H and O–H groups in total. The molecule has 0 saturated heterocycles. The lowest BCUT2D eigenvalue weighted by Crippen LogP contribution is -2.36. The number of carbonyl (C=O) groups is 2. The lowest BCUT2D eigenvalue weighted by Gasteiger charge is -2.23. The quantitative estimate of drug-likeness (QED) is 0.431. The number of benzene rings is 2. The first-order valence-electron chi connectivity index (χ1n) is 9.17. The van der Waals surface area contributed by atoms with Gasteiger partial charge in [0.05, 0.1) is 17.2 Å². The molecule has 1 unspecified atom stereocenters. The van der Waals surface area contributed by atoms with Crippen molar-refractivity contribution in [1.29, 1.82) is 0 Å².